The van der Waals surface area contributed by atoms with Gasteiger partial charge >= 0.3 is 11.9 Å². The van der Waals surface area contributed by atoms with Crippen LogP contribution in [0.1, 0.15) is 265 Å². The number of hydrogen-bond acceptors (Lipinski definition) is 5. The van der Waals surface area contributed by atoms with Crippen molar-refractivity contribution in [2.24, 2.45) is 11.8 Å². The van der Waals surface area contributed by atoms with E-state index < -0.39 is 0 Å². The lowest BCUT2D eigenvalue weighted by molar-refractivity contribution is -0.151. The number of rotatable bonds is 42. The van der Waals surface area contributed by atoms with Crippen LogP contribution in [0.3, 0.4) is 0 Å². The lowest BCUT2D eigenvalue weighted by atomic mass is 9.90. The summed E-state index contributed by atoms with van der Waals surface area (Å²) in [5.41, 5.74) is 0. The molecule has 326 valence electrons. The van der Waals surface area contributed by atoms with Gasteiger partial charge in [-0.1, -0.05) is 207 Å². The summed E-state index contributed by atoms with van der Waals surface area (Å²) in [6.45, 7) is 12.3. The molecule has 0 saturated carbocycles. The van der Waals surface area contributed by atoms with Crippen molar-refractivity contribution in [2.75, 3.05) is 26.2 Å². The van der Waals surface area contributed by atoms with Crippen molar-refractivity contribution in [1.82, 2.24) is 4.90 Å². The molecular formula is C50H97NO4. The Balaban J connectivity index is 2.22. The van der Waals surface area contributed by atoms with Crippen LogP contribution >= 0.6 is 0 Å². The van der Waals surface area contributed by atoms with Crippen molar-refractivity contribution in [3.8, 4) is 0 Å². The number of carbonyl (C=O) groups excluding carboxylic acids is 2. The highest BCUT2D eigenvalue weighted by atomic mass is 16.5. The van der Waals surface area contributed by atoms with Crippen LogP contribution in [-0.4, -0.2) is 49.2 Å². The second-order valence-corrected chi connectivity index (χ2v) is 17.9. The summed E-state index contributed by atoms with van der Waals surface area (Å²) in [5.74, 6) is 1.67. The molecule has 0 aromatic rings. The molecule has 0 radical (unpaired) electrons. The van der Waals surface area contributed by atoms with Crippen molar-refractivity contribution < 1.29 is 19.1 Å². The number of ether oxygens (including phenoxy) is 2. The fourth-order valence-electron chi connectivity index (χ4n) is 8.83. The lowest BCUT2D eigenvalue weighted by Crippen LogP contribution is -2.31. The molecule has 0 N–H and O–H groups in total. The maximum Gasteiger partial charge on any atom is 0.320 e. The second-order valence-electron chi connectivity index (χ2n) is 17.9. The van der Waals surface area contributed by atoms with E-state index in [1.54, 1.807) is 0 Å². The van der Waals surface area contributed by atoms with E-state index in [1.807, 2.05) is 0 Å². The molecule has 0 bridgehead atoms. The Labute approximate surface area is 344 Å². The van der Waals surface area contributed by atoms with Crippen LogP contribution in [0.5, 0.6) is 0 Å². The highest BCUT2D eigenvalue weighted by molar-refractivity contribution is 5.72. The van der Waals surface area contributed by atoms with Gasteiger partial charge in [0.05, 0.1) is 13.2 Å². The van der Waals surface area contributed by atoms with Gasteiger partial charge in [-0.15, -0.1) is 0 Å². The fraction of sp³-hybridized carbons (Fsp3) is 0.960. The minimum atomic E-state index is -0.0136. The first-order valence-corrected chi connectivity index (χ1v) is 25.1. The Kier molecular flexibility index (Phi) is 37.5. The Bertz CT molecular complexity index is 807. The Morgan fingerprint density at radius 1 is 0.436 bits per heavy atom. The van der Waals surface area contributed by atoms with Crippen LogP contribution in [-0.2, 0) is 19.1 Å². The van der Waals surface area contributed by atoms with E-state index in [1.165, 1.54) is 193 Å². The van der Waals surface area contributed by atoms with Gasteiger partial charge in [-0.05, 0) is 76.3 Å². The maximum absolute atomic E-state index is 12.8. The van der Waals surface area contributed by atoms with E-state index in [9.17, 15) is 9.59 Å². The molecule has 5 nitrogen and oxygen atoms in total. The van der Waals surface area contributed by atoms with Gasteiger partial charge in [0, 0.05) is 6.42 Å². The first-order valence-electron chi connectivity index (χ1n) is 25.1. The molecule has 1 saturated heterocycles. The van der Waals surface area contributed by atoms with Crippen molar-refractivity contribution in [1.29, 1.82) is 0 Å². The second kappa shape index (κ2) is 39.7. The van der Waals surface area contributed by atoms with E-state index in [4.69, 9.17) is 9.47 Å². The summed E-state index contributed by atoms with van der Waals surface area (Å²) in [7, 11) is 0. The molecular weight excluding hydrogens is 679 g/mol. The van der Waals surface area contributed by atoms with Crippen LogP contribution in [0, 0.1) is 11.8 Å². The number of carbonyl (C=O) groups is 2. The summed E-state index contributed by atoms with van der Waals surface area (Å²) in [4.78, 5) is 27.4. The molecule has 55 heavy (non-hydrogen) atoms. The third-order valence-corrected chi connectivity index (χ3v) is 12.5. The van der Waals surface area contributed by atoms with Crippen LogP contribution < -0.4 is 0 Å². The van der Waals surface area contributed by atoms with Gasteiger partial charge in [0.25, 0.3) is 0 Å². The fourth-order valence-corrected chi connectivity index (χ4v) is 8.83. The van der Waals surface area contributed by atoms with Crippen molar-refractivity contribution in [2.45, 2.75) is 271 Å². The molecule has 0 spiro atoms. The number of hydrogen-bond donors (Lipinski definition) is 0. The first kappa shape index (κ1) is 51.9. The molecule has 0 aromatic heterocycles. The van der Waals surface area contributed by atoms with E-state index in [2.05, 4.69) is 32.6 Å². The quantitative estimate of drug-likeness (QED) is 0.0456. The molecule has 1 rings (SSSR count). The first-order chi connectivity index (χ1) is 27.0. The molecule has 1 aliphatic heterocycles. The highest BCUT2D eigenvalue weighted by Crippen LogP contribution is 2.25. The van der Waals surface area contributed by atoms with Gasteiger partial charge < -0.3 is 9.47 Å². The summed E-state index contributed by atoms with van der Waals surface area (Å²) in [6, 6.07) is 0. The minimum Gasteiger partial charge on any atom is -0.466 e. The van der Waals surface area contributed by atoms with Crippen molar-refractivity contribution in [3.05, 3.63) is 0 Å². The van der Waals surface area contributed by atoms with E-state index in [0.717, 1.165) is 57.5 Å². The van der Waals surface area contributed by atoms with E-state index in [0.29, 0.717) is 25.5 Å². The third-order valence-electron chi connectivity index (χ3n) is 12.5. The van der Waals surface area contributed by atoms with E-state index >= 15 is 0 Å². The monoisotopic (exact) mass is 776 g/mol. The lowest BCUT2D eigenvalue weighted by Gasteiger charge is -2.20. The summed E-state index contributed by atoms with van der Waals surface area (Å²) >= 11 is 0. The Morgan fingerprint density at radius 2 is 0.800 bits per heavy atom. The molecule has 1 heterocycles. The topological polar surface area (TPSA) is 55.8 Å². The van der Waals surface area contributed by atoms with Crippen LogP contribution in [0.15, 0.2) is 0 Å². The average molecular weight is 776 g/mol. The number of unbranched alkanes of at least 4 members (excludes halogenated alkanes) is 20. The minimum absolute atomic E-state index is 0.00543. The van der Waals surface area contributed by atoms with Crippen LogP contribution in [0.2, 0.25) is 0 Å². The third kappa shape index (κ3) is 33.6. The Morgan fingerprint density at radius 3 is 1.24 bits per heavy atom. The average Bonchev–Trinajstić information content (AvgIpc) is 3.69. The zero-order valence-corrected chi connectivity index (χ0v) is 37.8. The molecule has 1 atom stereocenters. The highest BCUT2D eigenvalue weighted by Gasteiger charge is 2.19. The van der Waals surface area contributed by atoms with E-state index in [-0.39, 0.29) is 18.0 Å². The molecule has 1 fully saturated rings. The van der Waals surface area contributed by atoms with Gasteiger partial charge in [0.2, 0.25) is 0 Å². The summed E-state index contributed by atoms with van der Waals surface area (Å²) in [6.07, 6.45) is 46.6. The largest absolute Gasteiger partial charge is 0.466 e. The van der Waals surface area contributed by atoms with Gasteiger partial charge in [-0.2, -0.15) is 0 Å². The smallest absolute Gasteiger partial charge is 0.320 e. The molecule has 0 amide bonds. The van der Waals surface area contributed by atoms with Crippen LogP contribution in [0.25, 0.3) is 0 Å². The zero-order valence-electron chi connectivity index (χ0n) is 37.8. The van der Waals surface area contributed by atoms with Crippen LogP contribution in [0.4, 0.5) is 0 Å². The van der Waals surface area contributed by atoms with Gasteiger partial charge in [0.1, 0.15) is 6.10 Å². The van der Waals surface area contributed by atoms with Crippen molar-refractivity contribution in [3.63, 3.8) is 0 Å². The normalized spacial score (nSPS) is 14.0. The summed E-state index contributed by atoms with van der Waals surface area (Å²) < 4.78 is 11.8. The van der Waals surface area contributed by atoms with Gasteiger partial charge in [0.15, 0.2) is 0 Å². The molecule has 5 heteroatoms. The van der Waals surface area contributed by atoms with Crippen molar-refractivity contribution >= 4 is 11.9 Å². The number of likely N-dealkylation sites (tertiary alicyclic amines) is 1. The maximum atomic E-state index is 12.8. The zero-order chi connectivity index (χ0) is 39.9. The SMILES string of the molecule is CCCCCC(CCCCC)CCCCCCCCCCC(CCCCCCCCC(=O)OCCC(CCCCC)CCCCC)OC(=O)CN1CCCC1. The molecule has 0 aliphatic carbocycles. The van der Waals surface area contributed by atoms with Gasteiger partial charge in [-0.3, -0.25) is 14.5 Å². The molecule has 0 aromatic carbocycles. The Hall–Kier alpha value is -1.10. The molecule has 1 aliphatic rings. The van der Waals surface area contributed by atoms with Gasteiger partial charge in [-0.25, -0.2) is 0 Å². The predicted molar refractivity (Wildman–Crippen MR) is 238 cm³/mol. The predicted octanol–water partition coefficient (Wildman–Crippen LogP) is 15.5. The number of nitrogens with zero attached hydrogens (tertiary/aromatic N) is 1. The number of esters is 2. The standard InChI is InChI=1S/C50H97NO4/c1-5-9-23-33-46(34-24-10-6-2)37-27-19-15-13-14-16-20-28-38-48(55-50(53)45-51-42-31-32-43-51)39-29-21-17-18-22-30-40-49(52)54-44-41-47(35-25-11-7-3)36-26-12-8-4/h46-48H,5-45H2,1-4H3. The molecule has 1 unspecified atom stereocenters. The summed E-state index contributed by atoms with van der Waals surface area (Å²) in [5, 5.41) is 0.